The van der Waals surface area contributed by atoms with Gasteiger partial charge in [-0.05, 0) is 98.8 Å². The summed E-state index contributed by atoms with van der Waals surface area (Å²) in [5, 5.41) is 17.7. The van der Waals surface area contributed by atoms with Crippen molar-refractivity contribution in [2.75, 3.05) is 0 Å². The fourth-order valence-corrected chi connectivity index (χ4v) is 7.29. The first-order chi connectivity index (χ1) is 24.1. The van der Waals surface area contributed by atoms with Crippen LogP contribution in [0.25, 0.3) is 77.9 Å². The minimum Gasteiger partial charge on any atom is -0.456 e. The zero-order chi connectivity index (χ0) is 33.1. The Kier molecular flexibility index (Phi) is 6.57. The number of hydrogen-bond acceptors (Lipinski definition) is 3. The molecule has 0 saturated carbocycles. The van der Waals surface area contributed by atoms with E-state index in [-0.39, 0.29) is 0 Å². The molecule has 0 amide bonds. The molecule has 0 aliphatic carbocycles. The summed E-state index contributed by atoms with van der Waals surface area (Å²) in [6.45, 7) is 6.62. The van der Waals surface area contributed by atoms with Crippen molar-refractivity contribution in [2.24, 2.45) is 0 Å². The summed E-state index contributed by atoms with van der Waals surface area (Å²) >= 11 is 0. The highest BCUT2D eigenvalue weighted by Gasteiger charge is 2.22. The van der Waals surface area contributed by atoms with E-state index in [2.05, 4.69) is 98.4 Å². The maximum atomic E-state index is 10.2. The topological polar surface area (TPSA) is 50.1 Å². The zero-order valence-corrected chi connectivity index (χ0v) is 26.8. The van der Waals surface area contributed by atoms with Gasteiger partial charge in [0.15, 0.2) is 0 Å². The molecule has 0 fully saturated rings. The van der Waals surface area contributed by atoms with Crippen LogP contribution in [-0.2, 0) is 0 Å². The third kappa shape index (κ3) is 4.58. The van der Waals surface area contributed by atoms with Crippen molar-refractivity contribution >= 4 is 55.6 Å². The van der Waals surface area contributed by atoms with Crippen LogP contribution in [-0.4, -0.2) is 0 Å². The highest BCUT2D eigenvalue weighted by molar-refractivity contribution is 6.14. The Hall–Kier alpha value is -6.63. The van der Waals surface area contributed by atoms with Gasteiger partial charge >= 0.3 is 0 Å². The highest BCUT2D eigenvalue weighted by atomic mass is 16.3. The van der Waals surface area contributed by atoms with Crippen LogP contribution < -0.4 is 10.6 Å². The molecule has 3 nitrogen and oxygen atoms in total. The molecule has 3 heteroatoms. The van der Waals surface area contributed by atoms with Gasteiger partial charge < -0.3 is 8.83 Å². The number of fused-ring (bicyclic) bond motifs is 5. The number of nitrogens with zero attached hydrogens (tertiary/aromatic N) is 1. The van der Waals surface area contributed by atoms with E-state index in [9.17, 15) is 5.26 Å². The van der Waals surface area contributed by atoms with Crippen LogP contribution in [0.15, 0.2) is 154 Å². The SMILES string of the molecule is C=c1/c(=C(/c2cc(-c3ccccc3C#N)cc(-c3cc4ccccc4c4ccccc34)c2)c2oc3ccccc3c2C)oc2ccccc12. The van der Waals surface area contributed by atoms with Crippen molar-refractivity contribution in [1.29, 1.82) is 5.26 Å². The van der Waals surface area contributed by atoms with Gasteiger partial charge in [0.2, 0.25) is 0 Å². The van der Waals surface area contributed by atoms with Crippen LogP contribution in [0, 0.1) is 18.3 Å². The molecule has 0 saturated heterocycles. The van der Waals surface area contributed by atoms with Gasteiger partial charge in [-0.25, -0.2) is 0 Å². The molecule has 9 rings (SSSR count). The molecule has 0 spiro atoms. The van der Waals surface area contributed by atoms with Crippen LogP contribution in [0.3, 0.4) is 0 Å². The molecule has 0 N–H and O–H groups in total. The first-order valence-electron chi connectivity index (χ1n) is 16.3. The summed E-state index contributed by atoms with van der Waals surface area (Å²) in [4.78, 5) is 0. The Morgan fingerprint density at radius 3 is 1.90 bits per heavy atom. The minimum atomic E-state index is 0.608. The second-order valence-corrected chi connectivity index (χ2v) is 12.5. The second-order valence-electron chi connectivity index (χ2n) is 12.5. The van der Waals surface area contributed by atoms with E-state index < -0.39 is 0 Å². The summed E-state index contributed by atoms with van der Waals surface area (Å²) in [5.74, 6) is 0.727. The van der Waals surface area contributed by atoms with Crippen molar-refractivity contribution in [1.82, 2.24) is 0 Å². The van der Waals surface area contributed by atoms with Crippen molar-refractivity contribution in [3.8, 4) is 28.3 Å². The average Bonchev–Trinajstić information content (AvgIpc) is 3.67. The Labute approximate surface area is 282 Å². The minimum absolute atomic E-state index is 0.608. The predicted octanol–water partition coefficient (Wildman–Crippen LogP) is 10.7. The molecule has 0 radical (unpaired) electrons. The van der Waals surface area contributed by atoms with Crippen LogP contribution in [0.1, 0.15) is 22.5 Å². The maximum Gasteiger partial charge on any atom is 0.146 e. The van der Waals surface area contributed by atoms with Crippen molar-refractivity contribution in [3.05, 3.63) is 179 Å². The Morgan fingerprint density at radius 2 is 1.16 bits per heavy atom. The summed E-state index contributed by atoms with van der Waals surface area (Å²) in [6.07, 6.45) is 0. The molecule has 230 valence electrons. The molecule has 2 aromatic heterocycles. The smallest absolute Gasteiger partial charge is 0.146 e. The normalized spacial score (nSPS) is 12.2. The molecule has 0 unspecified atom stereocenters. The summed E-state index contributed by atoms with van der Waals surface area (Å²) < 4.78 is 13.4. The highest BCUT2D eigenvalue weighted by Crippen LogP contribution is 2.40. The van der Waals surface area contributed by atoms with Crippen LogP contribution in [0.2, 0.25) is 0 Å². The van der Waals surface area contributed by atoms with Crippen molar-refractivity contribution < 1.29 is 8.83 Å². The predicted molar refractivity (Wildman–Crippen MR) is 201 cm³/mol. The summed E-state index contributed by atoms with van der Waals surface area (Å²) in [5.41, 5.74) is 9.49. The van der Waals surface area contributed by atoms with Gasteiger partial charge in [-0.15, -0.1) is 0 Å². The number of furan rings is 2. The fourth-order valence-electron chi connectivity index (χ4n) is 7.29. The van der Waals surface area contributed by atoms with E-state index in [1.807, 2.05) is 66.7 Å². The van der Waals surface area contributed by atoms with Gasteiger partial charge in [0, 0.05) is 21.6 Å². The molecule has 0 aliphatic heterocycles. The largest absolute Gasteiger partial charge is 0.456 e. The van der Waals surface area contributed by atoms with Gasteiger partial charge in [0.1, 0.15) is 22.3 Å². The number of para-hydroxylation sites is 2. The van der Waals surface area contributed by atoms with Crippen LogP contribution in [0.5, 0.6) is 0 Å². The zero-order valence-electron chi connectivity index (χ0n) is 26.8. The van der Waals surface area contributed by atoms with Gasteiger partial charge in [0.05, 0.1) is 17.2 Å². The van der Waals surface area contributed by atoms with Gasteiger partial charge in [-0.1, -0.05) is 110 Å². The molecule has 0 bridgehead atoms. The molecule has 0 atom stereocenters. The standard InChI is InChI=1S/C46H29NO2/c1-28-35-15-9-11-21-42(35)48-45(28)44(46-29(2)36-16-10-12-22-43(36)49-46)34-24-32(37-17-5-4-14-31(37)27-47)23-33(25-34)41-26-30-13-3-6-18-38(30)39-19-7-8-20-40(39)41/h3-26H,1H2,2H3/b45-44+. The Bertz CT molecular complexity index is 2930. The number of benzene rings is 7. The molecule has 7 aromatic carbocycles. The molecule has 49 heavy (non-hydrogen) atoms. The molecule has 0 aliphatic rings. The molecule has 9 aromatic rings. The summed E-state index contributed by atoms with van der Waals surface area (Å²) in [7, 11) is 0. The Balaban J connectivity index is 1.45. The Morgan fingerprint density at radius 1 is 0.571 bits per heavy atom. The third-order valence-electron chi connectivity index (χ3n) is 9.66. The van der Waals surface area contributed by atoms with Gasteiger partial charge in [-0.3, -0.25) is 0 Å². The quantitative estimate of drug-likeness (QED) is 0.182. The van der Waals surface area contributed by atoms with E-state index >= 15 is 0 Å². The van der Waals surface area contributed by atoms with E-state index in [1.54, 1.807) is 0 Å². The van der Waals surface area contributed by atoms with Gasteiger partial charge in [0.25, 0.3) is 0 Å². The molecule has 2 heterocycles. The maximum absolute atomic E-state index is 10.2. The monoisotopic (exact) mass is 627 g/mol. The van der Waals surface area contributed by atoms with E-state index in [4.69, 9.17) is 8.83 Å². The number of nitriles is 1. The molecular formula is C46H29NO2. The van der Waals surface area contributed by atoms with E-state index in [0.717, 1.165) is 82.6 Å². The fraction of sp³-hybridized carbons (Fsp3) is 0.0217. The summed E-state index contributed by atoms with van der Waals surface area (Å²) in [6, 6.07) is 52.2. The lowest BCUT2D eigenvalue weighted by Crippen LogP contribution is -2.22. The van der Waals surface area contributed by atoms with Crippen molar-refractivity contribution in [3.63, 3.8) is 0 Å². The average molecular weight is 628 g/mol. The van der Waals surface area contributed by atoms with Crippen molar-refractivity contribution in [2.45, 2.75) is 6.92 Å². The number of rotatable bonds is 4. The lowest BCUT2D eigenvalue weighted by molar-refractivity contribution is 0.560. The van der Waals surface area contributed by atoms with Gasteiger partial charge in [-0.2, -0.15) is 5.26 Å². The van der Waals surface area contributed by atoms with E-state index in [1.165, 1.54) is 10.8 Å². The first-order valence-corrected chi connectivity index (χ1v) is 16.3. The lowest BCUT2D eigenvalue weighted by Gasteiger charge is -2.16. The number of hydrogen-bond donors (Lipinski definition) is 0. The van der Waals surface area contributed by atoms with Crippen LogP contribution in [0.4, 0.5) is 0 Å². The third-order valence-corrected chi connectivity index (χ3v) is 9.66. The first kappa shape index (κ1) is 28.6. The second kappa shape index (κ2) is 11.3. The molecular weight excluding hydrogens is 599 g/mol. The van der Waals surface area contributed by atoms with Crippen LogP contribution >= 0.6 is 0 Å². The number of aryl methyl sites for hydroxylation is 1. The van der Waals surface area contributed by atoms with E-state index in [0.29, 0.717) is 11.0 Å². The lowest BCUT2D eigenvalue weighted by atomic mass is 9.87.